The molecule has 1 unspecified atom stereocenters. The first kappa shape index (κ1) is 15.7. The van der Waals surface area contributed by atoms with Crippen molar-refractivity contribution in [2.45, 2.75) is 73.4 Å². The van der Waals surface area contributed by atoms with Crippen LogP contribution in [0.5, 0.6) is 0 Å². The van der Waals surface area contributed by atoms with Crippen molar-refractivity contribution in [3.8, 4) is 0 Å². The molecule has 0 saturated carbocycles. The lowest BCUT2D eigenvalue weighted by Gasteiger charge is -2.33. The van der Waals surface area contributed by atoms with E-state index in [-0.39, 0.29) is 0 Å². The molecule has 0 aromatic rings. The molecule has 0 fully saturated rings. The molecule has 0 aliphatic rings. The molecule has 0 bridgehead atoms. The summed E-state index contributed by atoms with van der Waals surface area (Å²) in [6, 6.07) is 1.32. The van der Waals surface area contributed by atoms with E-state index in [1.165, 1.54) is 12.8 Å². The molecular weight excluding hydrogens is 194 g/mol. The lowest BCUT2D eigenvalue weighted by molar-refractivity contribution is 0.174. The topological polar surface area (TPSA) is 3.24 Å². The van der Waals surface area contributed by atoms with Crippen LogP contribution < -0.4 is 0 Å². The van der Waals surface area contributed by atoms with Gasteiger partial charge in [0, 0.05) is 18.6 Å². The molecule has 0 spiro atoms. The summed E-state index contributed by atoms with van der Waals surface area (Å²) in [6.45, 7) is 17.1. The minimum absolute atomic E-state index is 0.636. The predicted molar refractivity (Wildman–Crippen MR) is 74.8 cm³/mol. The van der Waals surface area contributed by atoms with Crippen LogP contribution in [0.3, 0.4) is 0 Å². The molecule has 0 aromatic carbocycles. The van der Waals surface area contributed by atoms with Crippen molar-refractivity contribution in [2.75, 3.05) is 6.54 Å². The van der Waals surface area contributed by atoms with Gasteiger partial charge < -0.3 is 0 Å². The number of allylic oxidation sites excluding steroid dienone is 1. The standard InChI is InChI=1S/C15H31N/c1-8-14(7)16(13(5)6)11-15(9-2)10-12(3)4/h10,12-14H,8-9,11H2,1-7H3/b15-10-. The fourth-order valence-electron chi connectivity index (χ4n) is 2.07. The first-order chi connectivity index (χ1) is 7.42. The van der Waals surface area contributed by atoms with E-state index in [0.29, 0.717) is 18.0 Å². The van der Waals surface area contributed by atoms with Crippen molar-refractivity contribution >= 4 is 0 Å². The summed E-state index contributed by atoms with van der Waals surface area (Å²) in [5.74, 6) is 0.667. The number of nitrogens with zero attached hydrogens (tertiary/aromatic N) is 1. The first-order valence-corrected chi connectivity index (χ1v) is 6.87. The highest BCUT2D eigenvalue weighted by atomic mass is 15.2. The summed E-state index contributed by atoms with van der Waals surface area (Å²) in [5, 5.41) is 0. The third-order valence-electron chi connectivity index (χ3n) is 3.23. The van der Waals surface area contributed by atoms with Crippen LogP contribution in [-0.4, -0.2) is 23.5 Å². The van der Waals surface area contributed by atoms with Gasteiger partial charge in [0.1, 0.15) is 0 Å². The Hall–Kier alpha value is -0.300. The average molecular weight is 225 g/mol. The molecule has 0 heterocycles. The monoisotopic (exact) mass is 225 g/mol. The minimum atomic E-state index is 0.636. The summed E-state index contributed by atoms with van der Waals surface area (Å²) >= 11 is 0. The molecule has 0 amide bonds. The van der Waals surface area contributed by atoms with E-state index in [2.05, 4.69) is 59.4 Å². The summed E-state index contributed by atoms with van der Waals surface area (Å²) in [6.07, 6.45) is 4.84. The Morgan fingerprint density at radius 3 is 1.94 bits per heavy atom. The first-order valence-electron chi connectivity index (χ1n) is 6.87. The molecule has 0 saturated heterocycles. The molecule has 16 heavy (non-hydrogen) atoms. The van der Waals surface area contributed by atoms with Gasteiger partial charge in [-0.2, -0.15) is 0 Å². The third kappa shape index (κ3) is 5.69. The Labute approximate surface area is 103 Å². The second-order valence-corrected chi connectivity index (χ2v) is 5.45. The molecule has 0 aliphatic carbocycles. The van der Waals surface area contributed by atoms with Gasteiger partial charge >= 0.3 is 0 Å². The van der Waals surface area contributed by atoms with Gasteiger partial charge in [-0.15, -0.1) is 0 Å². The Morgan fingerprint density at radius 2 is 1.62 bits per heavy atom. The van der Waals surface area contributed by atoms with Gasteiger partial charge in [0.2, 0.25) is 0 Å². The van der Waals surface area contributed by atoms with Gasteiger partial charge in [0.15, 0.2) is 0 Å². The van der Waals surface area contributed by atoms with Crippen LogP contribution in [0, 0.1) is 5.92 Å². The molecule has 96 valence electrons. The fraction of sp³-hybridized carbons (Fsp3) is 0.867. The van der Waals surface area contributed by atoms with E-state index in [1.54, 1.807) is 5.57 Å². The lowest BCUT2D eigenvalue weighted by atomic mass is 10.0. The summed E-state index contributed by atoms with van der Waals surface area (Å²) in [5.41, 5.74) is 1.59. The number of hydrogen-bond acceptors (Lipinski definition) is 1. The fourth-order valence-corrected chi connectivity index (χ4v) is 2.07. The molecule has 1 heteroatoms. The molecule has 1 atom stereocenters. The van der Waals surface area contributed by atoms with Crippen molar-refractivity contribution in [3.05, 3.63) is 11.6 Å². The highest BCUT2D eigenvalue weighted by molar-refractivity contribution is 5.06. The maximum Gasteiger partial charge on any atom is 0.0198 e. The van der Waals surface area contributed by atoms with Crippen LogP contribution in [0.4, 0.5) is 0 Å². The van der Waals surface area contributed by atoms with E-state index in [4.69, 9.17) is 0 Å². The molecule has 0 aliphatic heterocycles. The third-order valence-corrected chi connectivity index (χ3v) is 3.23. The summed E-state index contributed by atoms with van der Waals surface area (Å²) < 4.78 is 0. The van der Waals surface area contributed by atoms with E-state index in [0.717, 1.165) is 6.54 Å². The van der Waals surface area contributed by atoms with Gasteiger partial charge in [0.25, 0.3) is 0 Å². The van der Waals surface area contributed by atoms with E-state index in [1.807, 2.05) is 0 Å². The maximum absolute atomic E-state index is 2.61. The molecule has 0 rings (SSSR count). The van der Waals surface area contributed by atoms with Crippen molar-refractivity contribution in [2.24, 2.45) is 5.92 Å². The Bertz CT molecular complexity index is 203. The quantitative estimate of drug-likeness (QED) is 0.577. The average Bonchev–Trinajstić information content (AvgIpc) is 2.21. The van der Waals surface area contributed by atoms with Crippen LogP contribution in [0.2, 0.25) is 0 Å². The van der Waals surface area contributed by atoms with Crippen molar-refractivity contribution in [3.63, 3.8) is 0 Å². The second-order valence-electron chi connectivity index (χ2n) is 5.45. The highest BCUT2D eigenvalue weighted by Crippen LogP contribution is 2.15. The lowest BCUT2D eigenvalue weighted by Crippen LogP contribution is -2.39. The highest BCUT2D eigenvalue weighted by Gasteiger charge is 2.16. The van der Waals surface area contributed by atoms with Crippen LogP contribution in [-0.2, 0) is 0 Å². The van der Waals surface area contributed by atoms with E-state index in [9.17, 15) is 0 Å². The van der Waals surface area contributed by atoms with Gasteiger partial charge in [-0.3, -0.25) is 4.90 Å². The van der Waals surface area contributed by atoms with Crippen molar-refractivity contribution < 1.29 is 0 Å². The van der Waals surface area contributed by atoms with E-state index >= 15 is 0 Å². The van der Waals surface area contributed by atoms with Crippen LogP contribution in [0.1, 0.15) is 61.3 Å². The van der Waals surface area contributed by atoms with Crippen molar-refractivity contribution in [1.82, 2.24) is 4.90 Å². The second kappa shape index (κ2) is 7.89. The number of rotatable bonds is 7. The van der Waals surface area contributed by atoms with Gasteiger partial charge in [-0.05, 0) is 39.5 Å². The Balaban J connectivity index is 4.59. The molecular formula is C15H31N. The smallest absolute Gasteiger partial charge is 0.0198 e. The van der Waals surface area contributed by atoms with Gasteiger partial charge in [-0.25, -0.2) is 0 Å². The van der Waals surface area contributed by atoms with E-state index < -0.39 is 0 Å². The minimum Gasteiger partial charge on any atom is -0.294 e. The molecule has 0 N–H and O–H groups in total. The molecule has 0 aromatic heterocycles. The zero-order valence-electron chi connectivity index (χ0n) is 12.4. The van der Waals surface area contributed by atoms with Gasteiger partial charge in [0.05, 0.1) is 0 Å². The van der Waals surface area contributed by atoms with Crippen LogP contribution in [0.25, 0.3) is 0 Å². The predicted octanol–water partition coefficient (Wildman–Crippen LogP) is 4.49. The van der Waals surface area contributed by atoms with Crippen molar-refractivity contribution in [1.29, 1.82) is 0 Å². The Morgan fingerprint density at radius 1 is 1.06 bits per heavy atom. The zero-order chi connectivity index (χ0) is 12.7. The number of hydrogen-bond donors (Lipinski definition) is 0. The maximum atomic E-state index is 2.61. The molecule has 1 nitrogen and oxygen atoms in total. The zero-order valence-corrected chi connectivity index (χ0v) is 12.4. The van der Waals surface area contributed by atoms with Crippen LogP contribution in [0.15, 0.2) is 11.6 Å². The SMILES string of the molecule is CC/C(=C/C(C)C)CN(C(C)C)C(C)CC. The molecule has 0 radical (unpaired) electrons. The van der Waals surface area contributed by atoms with Gasteiger partial charge in [-0.1, -0.05) is 39.3 Å². The van der Waals surface area contributed by atoms with Crippen LogP contribution >= 0.6 is 0 Å². The Kier molecular flexibility index (Phi) is 7.74. The summed E-state index contributed by atoms with van der Waals surface area (Å²) in [7, 11) is 0. The largest absolute Gasteiger partial charge is 0.294 e. The summed E-state index contributed by atoms with van der Waals surface area (Å²) in [4.78, 5) is 2.61. The normalized spacial score (nSPS) is 15.2.